The third-order valence-corrected chi connectivity index (χ3v) is 10.9. The number of hydrogen-bond acceptors (Lipinski definition) is 6. The normalized spacial score (nSPS) is 20.2. The first kappa shape index (κ1) is 35.7. The zero-order valence-corrected chi connectivity index (χ0v) is 29.4. The van der Waals surface area contributed by atoms with Gasteiger partial charge < -0.3 is 25.1 Å². The summed E-state index contributed by atoms with van der Waals surface area (Å²) < 4.78 is 126. The first-order valence-corrected chi connectivity index (χ1v) is 20.2. The molecule has 1 aliphatic rings. The average molecular weight is 704 g/mol. The molecule has 6 atom stereocenters. The molecule has 0 radical (unpaired) electrons. The summed E-state index contributed by atoms with van der Waals surface area (Å²) in [5, 5.41) is 2.49. The summed E-state index contributed by atoms with van der Waals surface area (Å²) in [6, 6.07) is 1.07. The highest BCUT2D eigenvalue weighted by Crippen LogP contribution is 2.42. The van der Waals surface area contributed by atoms with Crippen LogP contribution in [0.3, 0.4) is 0 Å². The van der Waals surface area contributed by atoms with Gasteiger partial charge in [0.25, 0.3) is 0 Å². The summed E-state index contributed by atoms with van der Waals surface area (Å²) >= 11 is 0. The van der Waals surface area contributed by atoms with Crippen LogP contribution in [0.4, 0.5) is 26.3 Å². The van der Waals surface area contributed by atoms with Crippen LogP contribution in [0.2, 0.25) is 25.7 Å². The number of nitrogens with two attached hydrogens (primary N) is 1. The van der Waals surface area contributed by atoms with Crippen molar-refractivity contribution in [1.82, 2.24) is 19.6 Å². The predicted molar refractivity (Wildman–Crippen MR) is 171 cm³/mol. The third kappa shape index (κ3) is 11.0. The molecular weight excluding hydrogens is 653 g/mol. The van der Waals surface area contributed by atoms with Crippen molar-refractivity contribution >= 4 is 30.1 Å². The first-order valence-electron chi connectivity index (χ1n) is 16.3. The van der Waals surface area contributed by atoms with E-state index in [1.807, 2.05) is 0 Å². The molecule has 0 bridgehead atoms. The molecule has 1 aromatic heterocycles. The number of benzene rings is 1. The highest BCUT2D eigenvalue weighted by Gasteiger charge is 2.41. The van der Waals surface area contributed by atoms with Gasteiger partial charge in [-0.3, -0.25) is 0 Å². The summed E-state index contributed by atoms with van der Waals surface area (Å²) in [5.74, 6) is 0.0466. The SMILES string of the molecule is [2H]C([2H])(N[C@@H](c1ccc2c(c1)nc([C@@H](N[S@](=O)C(C)(C)C)[C@@H](C)O[C@@H](C)C(F)(F)F)n2COCC[Si](C)(C)C)C1CC1)C(N)C(F)(F)F. The molecule has 3 rings (SSSR count). The molecule has 0 aliphatic heterocycles. The molecule has 1 aromatic carbocycles. The Bertz CT molecular complexity index is 1410. The van der Waals surface area contributed by atoms with Crippen LogP contribution in [0.25, 0.3) is 11.0 Å². The molecule has 1 unspecified atom stereocenters. The maximum Gasteiger partial charge on any atom is 0.414 e. The highest BCUT2D eigenvalue weighted by molar-refractivity contribution is 7.84. The van der Waals surface area contributed by atoms with Crippen molar-refractivity contribution in [2.75, 3.05) is 13.1 Å². The van der Waals surface area contributed by atoms with Crippen LogP contribution in [0, 0.1) is 5.92 Å². The zero-order valence-electron chi connectivity index (χ0n) is 29.6. The van der Waals surface area contributed by atoms with E-state index in [1.54, 1.807) is 43.5 Å². The molecule has 4 N–H and O–H groups in total. The Morgan fingerprint density at radius 1 is 1.13 bits per heavy atom. The fraction of sp³-hybridized carbons (Fsp3) is 0.767. The number of halogens is 6. The lowest BCUT2D eigenvalue weighted by Gasteiger charge is -2.30. The van der Waals surface area contributed by atoms with E-state index in [4.69, 9.17) is 22.9 Å². The molecule has 1 heterocycles. The number of alkyl halides is 6. The van der Waals surface area contributed by atoms with Gasteiger partial charge in [-0.15, -0.1) is 0 Å². The molecule has 8 nitrogen and oxygen atoms in total. The number of imidazole rings is 1. The van der Waals surface area contributed by atoms with Crippen LogP contribution in [-0.4, -0.2) is 70.3 Å². The number of nitrogens with zero attached hydrogens (tertiary/aromatic N) is 2. The minimum Gasteiger partial charge on any atom is -0.364 e. The van der Waals surface area contributed by atoms with Crippen molar-refractivity contribution in [3.05, 3.63) is 29.6 Å². The number of ether oxygens (including phenoxy) is 2. The Balaban J connectivity index is 2.13. The van der Waals surface area contributed by atoms with Crippen LogP contribution < -0.4 is 15.8 Å². The second-order valence-electron chi connectivity index (χ2n) is 14.1. The molecule has 0 spiro atoms. The summed E-state index contributed by atoms with van der Waals surface area (Å²) in [6.07, 6.45) is -11.6. The first-order chi connectivity index (χ1) is 21.7. The van der Waals surface area contributed by atoms with Gasteiger partial charge in [0.2, 0.25) is 0 Å². The Kier molecular flexibility index (Phi) is 11.6. The molecule has 1 aliphatic carbocycles. The molecule has 0 saturated heterocycles. The number of fused-ring (bicyclic) bond motifs is 1. The van der Waals surface area contributed by atoms with Crippen molar-refractivity contribution in [1.29, 1.82) is 0 Å². The minimum atomic E-state index is -4.98. The molecule has 2 aromatic rings. The molecular formula is C30H49F6N5O3SSi. The Hall–Kier alpha value is -1.56. The van der Waals surface area contributed by atoms with Crippen molar-refractivity contribution in [3.8, 4) is 0 Å². The van der Waals surface area contributed by atoms with Gasteiger partial charge in [-0.2, -0.15) is 26.3 Å². The van der Waals surface area contributed by atoms with Gasteiger partial charge in [0, 0.05) is 30.0 Å². The number of rotatable bonds is 16. The van der Waals surface area contributed by atoms with Crippen LogP contribution in [0.15, 0.2) is 18.2 Å². The van der Waals surface area contributed by atoms with Crippen molar-refractivity contribution in [3.63, 3.8) is 0 Å². The van der Waals surface area contributed by atoms with Gasteiger partial charge in [-0.1, -0.05) is 25.7 Å². The Labute approximate surface area is 274 Å². The molecule has 264 valence electrons. The van der Waals surface area contributed by atoms with E-state index in [2.05, 4.69) is 29.7 Å². The largest absolute Gasteiger partial charge is 0.414 e. The maximum absolute atomic E-state index is 13.6. The fourth-order valence-corrected chi connectivity index (χ4v) is 6.20. The van der Waals surface area contributed by atoms with E-state index in [0.29, 0.717) is 36.0 Å². The van der Waals surface area contributed by atoms with Gasteiger partial charge in [0.05, 0.1) is 32.9 Å². The van der Waals surface area contributed by atoms with Gasteiger partial charge in [-0.25, -0.2) is 13.9 Å². The van der Waals surface area contributed by atoms with E-state index in [1.165, 1.54) is 6.92 Å². The van der Waals surface area contributed by atoms with E-state index < -0.39 is 73.0 Å². The second kappa shape index (κ2) is 14.9. The smallest absolute Gasteiger partial charge is 0.364 e. The molecule has 16 heteroatoms. The topological polar surface area (TPSA) is 103 Å². The van der Waals surface area contributed by atoms with E-state index in [0.717, 1.165) is 13.0 Å². The predicted octanol–water partition coefficient (Wildman–Crippen LogP) is 6.73. The molecule has 1 saturated carbocycles. The minimum absolute atomic E-state index is 0.0369. The Morgan fingerprint density at radius 3 is 2.28 bits per heavy atom. The van der Waals surface area contributed by atoms with Crippen molar-refractivity contribution in [2.24, 2.45) is 11.7 Å². The molecule has 0 amide bonds. The van der Waals surface area contributed by atoms with Gasteiger partial charge in [-0.05, 0) is 77.1 Å². The molecule has 1 fully saturated rings. The molecule has 46 heavy (non-hydrogen) atoms. The Morgan fingerprint density at radius 2 is 1.76 bits per heavy atom. The maximum atomic E-state index is 13.6. The fourth-order valence-electron chi connectivity index (χ4n) is 4.56. The lowest BCUT2D eigenvalue weighted by atomic mass is 10.0. The van der Waals surface area contributed by atoms with Gasteiger partial charge >= 0.3 is 12.4 Å². The quantitative estimate of drug-likeness (QED) is 0.102. The lowest BCUT2D eigenvalue weighted by molar-refractivity contribution is -0.227. The van der Waals surface area contributed by atoms with Gasteiger partial charge in [0.15, 0.2) is 6.10 Å². The summed E-state index contributed by atoms with van der Waals surface area (Å²) in [5.41, 5.74) is 6.58. The van der Waals surface area contributed by atoms with Crippen LogP contribution in [-0.2, 0) is 27.2 Å². The standard InChI is InChI=1S/C30H49F6N5O3SSi/c1-18(44-19(2)29(31,32)33)25(40-45(42)28(3,4)5)27-39-22-15-21(26(20-9-10-20)38-16-24(37)30(34,35)36)11-12-23(22)41(27)17-43-13-14-46(6,7)8/h11-12,15,18-20,24-26,38,40H,9-10,13-14,16-17,37H2,1-8H3/t18-,19+,24?,25+,26-,45-/m1/s1/i16D2. The lowest BCUT2D eigenvalue weighted by Crippen LogP contribution is -2.46. The van der Waals surface area contributed by atoms with Crippen LogP contribution >= 0.6 is 0 Å². The van der Waals surface area contributed by atoms with Crippen molar-refractivity contribution in [2.45, 2.75) is 127 Å². The third-order valence-electron chi connectivity index (χ3n) is 7.64. The summed E-state index contributed by atoms with van der Waals surface area (Å²) in [4.78, 5) is 4.77. The average Bonchev–Trinajstić information content (AvgIpc) is 3.71. The van der Waals surface area contributed by atoms with E-state index in [9.17, 15) is 30.6 Å². The van der Waals surface area contributed by atoms with E-state index >= 15 is 0 Å². The monoisotopic (exact) mass is 703 g/mol. The summed E-state index contributed by atoms with van der Waals surface area (Å²) in [6.45, 7) is 11.4. The van der Waals surface area contributed by atoms with Crippen LogP contribution in [0.5, 0.6) is 0 Å². The summed E-state index contributed by atoms with van der Waals surface area (Å²) in [7, 11) is -3.24. The van der Waals surface area contributed by atoms with E-state index in [-0.39, 0.29) is 18.5 Å². The second-order valence-corrected chi connectivity index (χ2v) is 21.7. The van der Waals surface area contributed by atoms with Gasteiger partial charge in [0.1, 0.15) is 24.6 Å². The van der Waals surface area contributed by atoms with Crippen LogP contribution in [0.1, 0.15) is 73.7 Å². The highest BCUT2D eigenvalue weighted by atomic mass is 32.2. The van der Waals surface area contributed by atoms with Crippen molar-refractivity contribution < 1.29 is 42.8 Å². The number of hydrogen-bond donors (Lipinski definition) is 3. The zero-order chi connectivity index (χ0) is 36.6. The number of aromatic nitrogens is 2. The number of nitrogens with one attached hydrogen (secondary N) is 2.